The molecule has 0 aromatic heterocycles. The minimum Gasteiger partial charge on any atom is -0.342 e. The Labute approximate surface area is 110 Å². The maximum atomic E-state index is 12.2. The monoisotopic (exact) mass is 243 g/mol. The Morgan fingerprint density at radius 1 is 1.33 bits per heavy atom. The van der Waals surface area contributed by atoms with Crippen LogP contribution in [-0.2, 0) is 4.79 Å². The molecular formula is C16H21NO. The third-order valence-electron chi connectivity index (χ3n) is 3.02. The van der Waals surface area contributed by atoms with Crippen LogP contribution in [0.2, 0.25) is 0 Å². The van der Waals surface area contributed by atoms with E-state index in [1.54, 1.807) is 0 Å². The predicted molar refractivity (Wildman–Crippen MR) is 75.1 cm³/mol. The summed E-state index contributed by atoms with van der Waals surface area (Å²) in [5.74, 6) is 2.55. The normalized spacial score (nSPS) is 13.4. The molecule has 2 nitrogen and oxygen atoms in total. The fourth-order valence-corrected chi connectivity index (χ4v) is 2.02. The summed E-state index contributed by atoms with van der Waals surface area (Å²) < 4.78 is 0. The zero-order valence-electron chi connectivity index (χ0n) is 11.1. The molecule has 18 heavy (non-hydrogen) atoms. The molecule has 0 aliphatic heterocycles. The van der Waals surface area contributed by atoms with E-state index in [4.69, 9.17) is 6.42 Å². The van der Waals surface area contributed by atoms with Crippen molar-refractivity contribution in [1.82, 2.24) is 5.32 Å². The van der Waals surface area contributed by atoms with E-state index in [2.05, 4.69) is 18.2 Å². The first-order valence-corrected chi connectivity index (χ1v) is 6.54. The molecule has 0 bridgehead atoms. The fraction of sp³-hybridized carbons (Fsp3) is 0.438. The lowest BCUT2D eigenvalue weighted by molar-refractivity contribution is -0.123. The van der Waals surface area contributed by atoms with Crippen LogP contribution in [0.4, 0.5) is 0 Å². The van der Waals surface area contributed by atoms with E-state index in [1.807, 2.05) is 37.3 Å². The zero-order valence-corrected chi connectivity index (χ0v) is 11.1. The molecule has 0 heterocycles. The van der Waals surface area contributed by atoms with Crippen LogP contribution >= 0.6 is 0 Å². The Kier molecular flexibility index (Phi) is 6.00. The lowest BCUT2D eigenvalue weighted by atomic mass is 9.95. The van der Waals surface area contributed by atoms with Gasteiger partial charge in [-0.3, -0.25) is 4.79 Å². The van der Waals surface area contributed by atoms with E-state index in [1.165, 1.54) is 0 Å². The van der Waals surface area contributed by atoms with Gasteiger partial charge >= 0.3 is 0 Å². The van der Waals surface area contributed by atoms with Crippen molar-refractivity contribution in [3.05, 3.63) is 35.9 Å². The highest BCUT2D eigenvalue weighted by Crippen LogP contribution is 2.19. The van der Waals surface area contributed by atoms with Crippen molar-refractivity contribution in [3.8, 4) is 12.3 Å². The van der Waals surface area contributed by atoms with Crippen LogP contribution in [0, 0.1) is 12.3 Å². The van der Waals surface area contributed by atoms with Gasteiger partial charge in [-0.1, -0.05) is 56.5 Å². The molecule has 0 saturated heterocycles. The van der Waals surface area contributed by atoms with Crippen molar-refractivity contribution in [2.45, 2.75) is 45.1 Å². The molecular weight excluding hydrogens is 222 g/mol. The fourth-order valence-electron chi connectivity index (χ4n) is 2.02. The molecule has 0 aliphatic carbocycles. The lowest BCUT2D eigenvalue weighted by Crippen LogP contribution is -2.37. The summed E-state index contributed by atoms with van der Waals surface area (Å²) in [5.41, 5.74) is 1.05. The van der Waals surface area contributed by atoms with Gasteiger partial charge in [0.05, 0.1) is 12.0 Å². The number of rotatable bonds is 6. The first-order chi connectivity index (χ1) is 8.72. The van der Waals surface area contributed by atoms with Gasteiger partial charge in [-0.05, 0) is 18.4 Å². The Balaban J connectivity index is 2.72. The van der Waals surface area contributed by atoms with Crippen molar-refractivity contribution in [3.63, 3.8) is 0 Å². The third-order valence-corrected chi connectivity index (χ3v) is 3.02. The minimum atomic E-state index is -0.153. The van der Waals surface area contributed by atoms with Gasteiger partial charge in [0.2, 0.25) is 5.91 Å². The second-order valence-electron chi connectivity index (χ2n) is 4.39. The molecule has 1 aromatic rings. The highest BCUT2D eigenvalue weighted by atomic mass is 16.1. The van der Waals surface area contributed by atoms with Gasteiger partial charge in [0.1, 0.15) is 0 Å². The molecule has 0 saturated carbocycles. The first-order valence-electron chi connectivity index (χ1n) is 6.54. The summed E-state index contributed by atoms with van der Waals surface area (Å²) in [6.45, 7) is 4.08. The quantitative estimate of drug-likeness (QED) is 0.764. The average Bonchev–Trinajstić information content (AvgIpc) is 2.40. The highest BCUT2D eigenvalue weighted by molar-refractivity contribution is 5.84. The van der Waals surface area contributed by atoms with Crippen LogP contribution in [0.3, 0.4) is 0 Å². The molecule has 1 aromatic carbocycles. The third kappa shape index (κ3) is 3.92. The second-order valence-corrected chi connectivity index (χ2v) is 4.39. The number of hydrogen-bond acceptors (Lipinski definition) is 1. The second kappa shape index (κ2) is 7.55. The lowest BCUT2D eigenvalue weighted by Gasteiger charge is -2.18. The van der Waals surface area contributed by atoms with Gasteiger partial charge in [-0.2, -0.15) is 0 Å². The smallest absolute Gasteiger partial charge is 0.228 e. The largest absolute Gasteiger partial charge is 0.342 e. The summed E-state index contributed by atoms with van der Waals surface area (Å²) in [6.07, 6.45) is 8.00. The number of hydrogen-bond donors (Lipinski definition) is 1. The molecule has 1 N–H and O–H groups in total. The van der Waals surface area contributed by atoms with Gasteiger partial charge in [0, 0.05) is 0 Å². The number of carbonyl (C=O) groups is 1. The molecule has 1 rings (SSSR count). The SMILES string of the molecule is C#CC(CCC)NC(=O)C(CC)c1ccccc1. The molecule has 2 heteroatoms. The Morgan fingerprint density at radius 3 is 2.50 bits per heavy atom. The van der Waals surface area contributed by atoms with E-state index < -0.39 is 0 Å². The summed E-state index contributed by atoms with van der Waals surface area (Å²) in [7, 11) is 0. The highest BCUT2D eigenvalue weighted by Gasteiger charge is 2.20. The summed E-state index contributed by atoms with van der Waals surface area (Å²) in [4.78, 5) is 12.2. The zero-order chi connectivity index (χ0) is 13.4. The Bertz CT molecular complexity index is 405. The van der Waals surface area contributed by atoms with Crippen molar-refractivity contribution >= 4 is 5.91 Å². The molecule has 0 spiro atoms. The van der Waals surface area contributed by atoms with Gasteiger partial charge in [-0.15, -0.1) is 6.42 Å². The maximum absolute atomic E-state index is 12.2. The van der Waals surface area contributed by atoms with Crippen LogP contribution in [-0.4, -0.2) is 11.9 Å². The van der Waals surface area contributed by atoms with Crippen molar-refractivity contribution in [2.75, 3.05) is 0 Å². The Morgan fingerprint density at radius 2 is 2.00 bits per heavy atom. The standard InChI is InChI=1S/C16H21NO/c1-4-10-14(5-2)17-16(18)15(6-3)13-11-8-7-9-12-13/h2,7-9,11-12,14-15H,4,6,10H2,1,3H3,(H,17,18). The molecule has 0 radical (unpaired) electrons. The van der Waals surface area contributed by atoms with Crippen LogP contribution in [0.25, 0.3) is 0 Å². The first kappa shape index (κ1) is 14.3. The van der Waals surface area contributed by atoms with E-state index >= 15 is 0 Å². The van der Waals surface area contributed by atoms with Crippen LogP contribution in [0.1, 0.15) is 44.6 Å². The predicted octanol–water partition coefficient (Wildman–Crippen LogP) is 3.10. The molecule has 1 amide bonds. The van der Waals surface area contributed by atoms with E-state index in [0.717, 1.165) is 24.8 Å². The molecule has 0 aliphatic rings. The van der Waals surface area contributed by atoms with Crippen LogP contribution in [0.5, 0.6) is 0 Å². The topological polar surface area (TPSA) is 29.1 Å². The van der Waals surface area contributed by atoms with Gasteiger partial charge < -0.3 is 5.32 Å². The molecule has 96 valence electrons. The molecule has 2 atom stereocenters. The van der Waals surface area contributed by atoms with Crippen LogP contribution < -0.4 is 5.32 Å². The van der Waals surface area contributed by atoms with E-state index in [0.29, 0.717) is 0 Å². The Hall–Kier alpha value is -1.75. The minimum absolute atomic E-state index is 0.0279. The van der Waals surface area contributed by atoms with Gasteiger partial charge in [-0.25, -0.2) is 0 Å². The van der Waals surface area contributed by atoms with E-state index in [-0.39, 0.29) is 17.9 Å². The molecule has 0 fully saturated rings. The number of nitrogens with one attached hydrogen (secondary N) is 1. The maximum Gasteiger partial charge on any atom is 0.228 e. The van der Waals surface area contributed by atoms with Gasteiger partial charge in [0.15, 0.2) is 0 Å². The summed E-state index contributed by atoms with van der Waals surface area (Å²) in [6, 6.07) is 9.68. The average molecular weight is 243 g/mol. The summed E-state index contributed by atoms with van der Waals surface area (Å²) in [5, 5.41) is 2.94. The number of benzene rings is 1. The summed E-state index contributed by atoms with van der Waals surface area (Å²) >= 11 is 0. The number of terminal acetylenes is 1. The van der Waals surface area contributed by atoms with Crippen molar-refractivity contribution in [1.29, 1.82) is 0 Å². The molecule has 2 unspecified atom stereocenters. The van der Waals surface area contributed by atoms with Crippen molar-refractivity contribution < 1.29 is 4.79 Å². The van der Waals surface area contributed by atoms with Crippen LogP contribution in [0.15, 0.2) is 30.3 Å². The number of carbonyl (C=O) groups excluding carboxylic acids is 1. The van der Waals surface area contributed by atoms with E-state index in [9.17, 15) is 4.79 Å². The van der Waals surface area contributed by atoms with Crippen molar-refractivity contribution in [2.24, 2.45) is 0 Å². The van der Waals surface area contributed by atoms with Gasteiger partial charge in [0.25, 0.3) is 0 Å². The number of amides is 1.